The van der Waals surface area contributed by atoms with Crippen LogP contribution in [0.2, 0.25) is 39.3 Å². The van der Waals surface area contributed by atoms with Gasteiger partial charge in [0.1, 0.15) is 5.58 Å². The predicted molar refractivity (Wildman–Crippen MR) is 271 cm³/mol. The van der Waals surface area contributed by atoms with Gasteiger partial charge in [-0.3, -0.25) is 0 Å². The van der Waals surface area contributed by atoms with E-state index in [-0.39, 0.29) is 0 Å². The Morgan fingerprint density at radius 1 is 0.375 bits per heavy atom. The molecule has 0 aliphatic heterocycles. The zero-order valence-electron chi connectivity index (χ0n) is 37.0. The number of fused-ring (bicyclic) bond motifs is 13. The van der Waals surface area contributed by atoms with Crippen LogP contribution < -0.4 is 10.4 Å². The number of furan rings is 1. The maximum Gasteiger partial charge on any atom is 0.199 e. The summed E-state index contributed by atoms with van der Waals surface area (Å²) in [6.45, 7) is 14.8. The lowest BCUT2D eigenvalue weighted by atomic mass is 9.70. The number of nitrogens with zero attached hydrogens (tertiary/aromatic N) is 3. The van der Waals surface area contributed by atoms with Gasteiger partial charge in [-0.1, -0.05) is 201 Å². The molecule has 2 aliphatic rings. The molecule has 0 N–H and O–H groups in total. The Labute approximate surface area is 376 Å². The molecule has 6 heteroatoms. The normalized spacial score (nSPS) is 13.6. The van der Waals surface area contributed by atoms with E-state index in [0.29, 0.717) is 23.2 Å². The lowest BCUT2D eigenvalue weighted by molar-refractivity contribution is 0.625. The fourth-order valence-corrected chi connectivity index (χ4v) is 12.7. The molecule has 308 valence electrons. The third-order valence-electron chi connectivity index (χ3n) is 13.7. The Morgan fingerprint density at radius 2 is 0.922 bits per heavy atom. The summed E-state index contributed by atoms with van der Waals surface area (Å²) < 4.78 is 6.51. The van der Waals surface area contributed by atoms with Crippen molar-refractivity contribution < 1.29 is 4.42 Å². The second-order valence-corrected chi connectivity index (χ2v) is 29.8. The van der Waals surface area contributed by atoms with E-state index in [0.717, 1.165) is 44.0 Å². The highest BCUT2D eigenvalue weighted by Crippen LogP contribution is 2.63. The second-order valence-electron chi connectivity index (χ2n) is 19.6. The number of aromatic nitrogens is 3. The average molecular weight is 858 g/mol. The third kappa shape index (κ3) is 5.89. The zero-order chi connectivity index (χ0) is 43.5. The minimum Gasteiger partial charge on any atom is -0.453 e. The molecule has 0 atom stereocenters. The molecule has 0 radical (unpaired) electrons. The summed E-state index contributed by atoms with van der Waals surface area (Å²) in [5.74, 6) is 2.30. The van der Waals surface area contributed by atoms with Crippen LogP contribution in [-0.4, -0.2) is 31.1 Å². The molecular formula is C58H47N3OSi2. The molecule has 2 aromatic heterocycles. The van der Waals surface area contributed by atoms with Gasteiger partial charge in [0.2, 0.25) is 0 Å². The highest BCUT2D eigenvalue weighted by atomic mass is 28.3. The van der Waals surface area contributed by atoms with E-state index in [1.807, 2.05) is 36.4 Å². The highest BCUT2D eigenvalue weighted by molar-refractivity contribution is 6.89. The van der Waals surface area contributed by atoms with Gasteiger partial charge in [-0.15, -0.1) is 0 Å². The van der Waals surface area contributed by atoms with Gasteiger partial charge in [-0.2, -0.15) is 0 Å². The third-order valence-corrected chi connectivity index (χ3v) is 17.8. The van der Waals surface area contributed by atoms with Crippen molar-refractivity contribution in [1.82, 2.24) is 15.0 Å². The topological polar surface area (TPSA) is 51.8 Å². The van der Waals surface area contributed by atoms with Crippen LogP contribution in [0.3, 0.4) is 0 Å². The molecule has 2 heterocycles. The number of benzene rings is 8. The van der Waals surface area contributed by atoms with Crippen molar-refractivity contribution in [2.45, 2.75) is 44.7 Å². The SMILES string of the molecule is C[Si](C)(C)c1ccc2c(c1)C1(c3ccccc3-c3ccc(-c4cccc(-c5nc(-c6ccccc6)nc(-c6cc7c(ccc8ccccc87)o6)n5)c4)cc31)c1cc([Si](C)(C)C)ccc1-2. The van der Waals surface area contributed by atoms with E-state index in [9.17, 15) is 0 Å². The van der Waals surface area contributed by atoms with Crippen LogP contribution >= 0.6 is 0 Å². The highest BCUT2D eigenvalue weighted by Gasteiger charge is 2.52. The Morgan fingerprint density at radius 3 is 1.64 bits per heavy atom. The first-order chi connectivity index (χ1) is 30.9. The minimum absolute atomic E-state index is 0.443. The number of hydrogen-bond acceptors (Lipinski definition) is 4. The van der Waals surface area contributed by atoms with Crippen LogP contribution in [0.5, 0.6) is 0 Å². The van der Waals surface area contributed by atoms with Gasteiger partial charge in [0.25, 0.3) is 0 Å². The molecule has 2 aliphatic carbocycles. The monoisotopic (exact) mass is 857 g/mol. The number of hydrogen-bond donors (Lipinski definition) is 0. The van der Waals surface area contributed by atoms with Crippen molar-refractivity contribution in [3.63, 3.8) is 0 Å². The van der Waals surface area contributed by atoms with Gasteiger partial charge >= 0.3 is 0 Å². The standard InChI is InChI=1S/C58H47N3OSi2/c1-63(2,3)41-25-28-46-47-29-26-42(64(4,5)6)34-52(47)58(51(46)33-41)49-22-13-12-21-44(49)45-27-23-39(32-50(45)58)38-18-14-19-40(31-38)56-59-55(37-16-8-7-9-17-37)60-57(61-56)54-35-48-43-20-11-10-15-36(43)24-30-53(48)62-54/h7-35H,1-6H3. The maximum absolute atomic E-state index is 6.51. The van der Waals surface area contributed by atoms with Crippen LogP contribution in [0.15, 0.2) is 180 Å². The molecule has 8 aromatic carbocycles. The van der Waals surface area contributed by atoms with Crippen LogP contribution in [-0.2, 0) is 5.41 Å². The Kier molecular flexibility index (Phi) is 8.46. The largest absolute Gasteiger partial charge is 0.453 e. The molecule has 0 saturated carbocycles. The molecule has 10 aromatic rings. The van der Waals surface area contributed by atoms with E-state index >= 15 is 0 Å². The molecule has 12 rings (SSSR count). The van der Waals surface area contributed by atoms with Gasteiger partial charge in [-0.05, 0) is 90.7 Å². The Bertz CT molecular complexity index is 3480. The molecule has 1 spiro atoms. The summed E-state index contributed by atoms with van der Waals surface area (Å²) in [7, 11) is -3.32. The van der Waals surface area contributed by atoms with E-state index in [1.165, 1.54) is 54.9 Å². The van der Waals surface area contributed by atoms with Crippen LogP contribution in [0.25, 0.3) is 89.5 Å². The van der Waals surface area contributed by atoms with Crippen molar-refractivity contribution in [3.8, 4) is 67.7 Å². The average Bonchev–Trinajstić information content (AvgIpc) is 3.98. The smallest absolute Gasteiger partial charge is 0.199 e. The molecule has 0 saturated heterocycles. The van der Waals surface area contributed by atoms with Crippen LogP contribution in [0.4, 0.5) is 0 Å². The van der Waals surface area contributed by atoms with Crippen LogP contribution in [0.1, 0.15) is 22.3 Å². The molecule has 0 bridgehead atoms. The van der Waals surface area contributed by atoms with Crippen molar-refractivity contribution in [1.29, 1.82) is 0 Å². The van der Waals surface area contributed by atoms with Gasteiger partial charge < -0.3 is 4.42 Å². The first-order valence-corrected chi connectivity index (χ1v) is 29.3. The van der Waals surface area contributed by atoms with E-state index in [4.69, 9.17) is 19.4 Å². The van der Waals surface area contributed by atoms with E-state index in [1.54, 1.807) is 0 Å². The summed E-state index contributed by atoms with van der Waals surface area (Å²) in [4.78, 5) is 15.3. The lowest BCUT2D eigenvalue weighted by Gasteiger charge is -2.32. The first kappa shape index (κ1) is 38.7. The first-order valence-electron chi connectivity index (χ1n) is 22.3. The van der Waals surface area contributed by atoms with Crippen molar-refractivity contribution in [2.75, 3.05) is 0 Å². The quantitative estimate of drug-likeness (QED) is 0.156. The van der Waals surface area contributed by atoms with Gasteiger partial charge in [0.15, 0.2) is 23.2 Å². The van der Waals surface area contributed by atoms with E-state index in [2.05, 4.69) is 179 Å². The Hall–Kier alpha value is -7.00. The molecular weight excluding hydrogens is 811 g/mol. The lowest BCUT2D eigenvalue weighted by Crippen LogP contribution is -2.40. The fraction of sp³-hybridized carbons (Fsp3) is 0.121. The van der Waals surface area contributed by atoms with Gasteiger partial charge in [-0.25, -0.2) is 15.0 Å². The predicted octanol–water partition coefficient (Wildman–Crippen LogP) is 13.9. The van der Waals surface area contributed by atoms with Gasteiger partial charge in [0, 0.05) is 16.5 Å². The summed E-state index contributed by atoms with van der Waals surface area (Å²) >= 11 is 0. The summed E-state index contributed by atoms with van der Waals surface area (Å²) in [6.07, 6.45) is 0. The molecule has 0 amide bonds. The van der Waals surface area contributed by atoms with Crippen molar-refractivity contribution in [2.24, 2.45) is 0 Å². The molecule has 0 unspecified atom stereocenters. The second kappa shape index (κ2) is 14.0. The Balaban J connectivity index is 1.04. The zero-order valence-corrected chi connectivity index (χ0v) is 39.0. The summed E-state index contributed by atoms with van der Waals surface area (Å²) in [5, 5.41) is 6.31. The molecule has 4 nitrogen and oxygen atoms in total. The summed E-state index contributed by atoms with van der Waals surface area (Å²) in [6, 6.07) is 64.6. The molecule has 0 fully saturated rings. The van der Waals surface area contributed by atoms with Crippen molar-refractivity contribution in [3.05, 3.63) is 198 Å². The summed E-state index contributed by atoms with van der Waals surface area (Å²) in [5.41, 5.74) is 15.3. The van der Waals surface area contributed by atoms with Crippen LogP contribution in [0, 0.1) is 0 Å². The van der Waals surface area contributed by atoms with Gasteiger partial charge in [0.05, 0.1) is 21.6 Å². The van der Waals surface area contributed by atoms with E-state index < -0.39 is 21.6 Å². The minimum atomic E-state index is -1.66. The number of rotatable bonds is 6. The maximum atomic E-state index is 6.51. The molecule has 64 heavy (non-hydrogen) atoms. The van der Waals surface area contributed by atoms with Crippen molar-refractivity contribution >= 4 is 48.3 Å². The fourth-order valence-electron chi connectivity index (χ4n) is 10.4.